The summed E-state index contributed by atoms with van der Waals surface area (Å²) in [5, 5.41) is 6.81. The van der Waals surface area contributed by atoms with Gasteiger partial charge < -0.3 is 13.9 Å². The van der Waals surface area contributed by atoms with Crippen LogP contribution in [0.25, 0.3) is 11.5 Å². The number of nitrogens with zero attached hydrogens (tertiary/aromatic N) is 3. The molecule has 1 atom stereocenters. The van der Waals surface area contributed by atoms with Crippen molar-refractivity contribution < 1.29 is 40.6 Å². The van der Waals surface area contributed by atoms with Crippen LogP contribution in [-0.2, 0) is 5.72 Å². The fourth-order valence-corrected chi connectivity index (χ4v) is 3.23. The van der Waals surface area contributed by atoms with Crippen LogP contribution >= 0.6 is 0 Å². The first-order valence-corrected chi connectivity index (χ1v) is 9.07. The average molecular weight is 455 g/mol. The van der Waals surface area contributed by atoms with Crippen LogP contribution in [0.5, 0.6) is 11.5 Å². The molecule has 1 amide bonds. The quantitative estimate of drug-likeness (QED) is 0.521. The highest BCUT2D eigenvalue weighted by atomic mass is 19.4. The lowest BCUT2D eigenvalue weighted by molar-refractivity contribution is -0.274. The predicted molar refractivity (Wildman–Crippen MR) is 97.9 cm³/mol. The largest absolute Gasteiger partial charge is 0.573 e. The number of amides is 1. The topological polar surface area (TPSA) is 77.7 Å². The van der Waals surface area contributed by atoms with E-state index in [-0.39, 0.29) is 22.8 Å². The Hall–Kier alpha value is -3.70. The zero-order valence-corrected chi connectivity index (χ0v) is 16.5. The highest BCUT2D eigenvalue weighted by Gasteiger charge is 2.43. The molecule has 3 aromatic rings. The van der Waals surface area contributed by atoms with Crippen molar-refractivity contribution in [1.82, 2.24) is 15.1 Å². The monoisotopic (exact) mass is 455 g/mol. The lowest BCUT2D eigenvalue weighted by Crippen LogP contribution is -2.52. The van der Waals surface area contributed by atoms with E-state index in [0.717, 1.165) is 12.1 Å². The maximum Gasteiger partial charge on any atom is 0.573 e. The van der Waals surface area contributed by atoms with Gasteiger partial charge in [-0.3, -0.25) is 9.69 Å². The van der Waals surface area contributed by atoms with E-state index < -0.39 is 36.1 Å². The van der Waals surface area contributed by atoms with Gasteiger partial charge in [0.25, 0.3) is 11.8 Å². The maximum absolute atomic E-state index is 13.0. The Morgan fingerprint density at radius 3 is 2.38 bits per heavy atom. The molecule has 0 saturated carbocycles. The van der Waals surface area contributed by atoms with Gasteiger partial charge in [0.2, 0.25) is 11.6 Å². The molecule has 0 N–H and O–H groups in total. The number of alkyl halides is 5. The lowest BCUT2D eigenvalue weighted by Gasteiger charge is -2.43. The van der Waals surface area contributed by atoms with Crippen molar-refractivity contribution in [3.05, 3.63) is 59.5 Å². The second kappa shape index (κ2) is 7.46. The molecule has 0 fully saturated rings. The number of benzene rings is 2. The van der Waals surface area contributed by atoms with Gasteiger partial charge in [-0.2, -0.15) is 8.78 Å². The molecule has 168 valence electrons. The average Bonchev–Trinajstić information content (AvgIpc) is 3.22. The minimum absolute atomic E-state index is 0.122. The second-order valence-electron chi connectivity index (χ2n) is 6.98. The minimum Gasteiger partial charge on any atom is -0.463 e. The molecule has 32 heavy (non-hydrogen) atoms. The van der Waals surface area contributed by atoms with Gasteiger partial charge in [0.15, 0.2) is 0 Å². The van der Waals surface area contributed by atoms with Gasteiger partial charge in [-0.1, -0.05) is 0 Å². The van der Waals surface area contributed by atoms with Crippen LogP contribution in [0.4, 0.5) is 22.0 Å². The number of ether oxygens (including phenoxy) is 2. The van der Waals surface area contributed by atoms with Crippen molar-refractivity contribution in [3.63, 3.8) is 0 Å². The molecule has 1 aliphatic heterocycles. The van der Waals surface area contributed by atoms with Gasteiger partial charge in [0, 0.05) is 18.2 Å². The third-order valence-corrected chi connectivity index (χ3v) is 4.96. The van der Waals surface area contributed by atoms with E-state index in [9.17, 15) is 26.7 Å². The predicted octanol–water partition coefficient (Wildman–Crippen LogP) is 4.91. The highest BCUT2D eigenvalue weighted by Crippen LogP contribution is 2.41. The van der Waals surface area contributed by atoms with Gasteiger partial charge in [-0.05, 0) is 49.4 Å². The van der Waals surface area contributed by atoms with Crippen molar-refractivity contribution in [3.8, 4) is 23.0 Å². The summed E-state index contributed by atoms with van der Waals surface area (Å²) in [5.41, 5.74) is -0.575. The molecule has 7 nitrogen and oxygen atoms in total. The summed E-state index contributed by atoms with van der Waals surface area (Å²) in [7, 11) is 1.46. The summed E-state index contributed by atoms with van der Waals surface area (Å²) in [6.07, 6.45) is -7.76. The summed E-state index contributed by atoms with van der Waals surface area (Å²) >= 11 is 0. The maximum atomic E-state index is 13.0. The molecule has 1 unspecified atom stereocenters. The van der Waals surface area contributed by atoms with Crippen LogP contribution in [0, 0.1) is 0 Å². The van der Waals surface area contributed by atoms with Gasteiger partial charge in [0.05, 0.1) is 5.56 Å². The van der Waals surface area contributed by atoms with Crippen molar-refractivity contribution >= 4 is 5.91 Å². The van der Waals surface area contributed by atoms with Crippen LogP contribution in [0.1, 0.15) is 35.2 Å². The van der Waals surface area contributed by atoms with Crippen LogP contribution in [0.15, 0.2) is 46.9 Å². The number of rotatable bonds is 4. The zero-order chi connectivity index (χ0) is 23.3. The van der Waals surface area contributed by atoms with Crippen molar-refractivity contribution in [2.45, 2.75) is 25.4 Å². The van der Waals surface area contributed by atoms with Gasteiger partial charge in [-0.15, -0.1) is 23.4 Å². The van der Waals surface area contributed by atoms with Crippen LogP contribution in [-0.4, -0.2) is 34.4 Å². The van der Waals surface area contributed by atoms with E-state index in [4.69, 9.17) is 9.15 Å². The first-order chi connectivity index (χ1) is 15.0. The Balaban J connectivity index is 1.65. The molecule has 1 aromatic heterocycles. The van der Waals surface area contributed by atoms with Gasteiger partial charge >= 0.3 is 12.8 Å². The SMILES string of the molecule is CN1C(=O)c2cc(-c3nnc(C(F)F)o3)ccc2OC1(C)c1ccc(OC(F)(F)F)cc1. The summed E-state index contributed by atoms with van der Waals surface area (Å²) in [6.45, 7) is 1.58. The molecule has 0 saturated heterocycles. The van der Waals surface area contributed by atoms with Crippen molar-refractivity contribution in [2.75, 3.05) is 7.05 Å². The molecule has 4 rings (SSSR count). The van der Waals surface area contributed by atoms with E-state index in [2.05, 4.69) is 14.9 Å². The van der Waals surface area contributed by atoms with Crippen LogP contribution < -0.4 is 9.47 Å². The molecule has 0 bridgehead atoms. The van der Waals surface area contributed by atoms with E-state index in [0.29, 0.717) is 5.56 Å². The highest BCUT2D eigenvalue weighted by molar-refractivity contribution is 5.99. The Morgan fingerprint density at radius 2 is 1.78 bits per heavy atom. The zero-order valence-electron chi connectivity index (χ0n) is 16.5. The molecule has 2 aromatic carbocycles. The number of fused-ring (bicyclic) bond motifs is 1. The fourth-order valence-electron chi connectivity index (χ4n) is 3.23. The number of carbonyl (C=O) groups is 1. The summed E-state index contributed by atoms with van der Waals surface area (Å²) in [6, 6.07) is 9.22. The summed E-state index contributed by atoms with van der Waals surface area (Å²) < 4.78 is 77.4. The lowest BCUT2D eigenvalue weighted by atomic mass is 9.98. The van der Waals surface area contributed by atoms with E-state index >= 15 is 0 Å². The molecule has 2 heterocycles. The molecule has 12 heteroatoms. The van der Waals surface area contributed by atoms with Gasteiger partial charge in [-0.25, -0.2) is 0 Å². The molecule has 0 radical (unpaired) electrons. The van der Waals surface area contributed by atoms with Crippen molar-refractivity contribution in [2.24, 2.45) is 0 Å². The van der Waals surface area contributed by atoms with Crippen molar-refractivity contribution in [1.29, 1.82) is 0 Å². The number of halogens is 5. The molecule has 1 aliphatic rings. The number of hydrogen-bond acceptors (Lipinski definition) is 6. The third kappa shape index (κ3) is 3.83. The van der Waals surface area contributed by atoms with E-state index in [1.165, 1.54) is 42.3 Å². The third-order valence-electron chi connectivity index (χ3n) is 4.96. The Morgan fingerprint density at radius 1 is 1.09 bits per heavy atom. The molecule has 0 aliphatic carbocycles. The minimum atomic E-state index is -4.83. The Kier molecular flexibility index (Phi) is 5.02. The smallest absolute Gasteiger partial charge is 0.463 e. The molecule has 0 spiro atoms. The number of carbonyl (C=O) groups excluding carboxylic acids is 1. The normalized spacial score (nSPS) is 18.5. The summed E-state index contributed by atoms with van der Waals surface area (Å²) in [4.78, 5) is 14.3. The molecular formula is C20H14F5N3O4. The van der Waals surface area contributed by atoms with Crippen LogP contribution in [0.2, 0.25) is 0 Å². The standard InChI is InChI=1S/C20H14F5N3O4/c1-19(11-4-6-12(7-5-11)31-20(23,24)25)28(2)18(29)13-9-10(3-8-14(13)32-19)16-26-27-17(30-16)15(21)22/h3-9,15H,1-2H3. The molecular weight excluding hydrogens is 441 g/mol. The number of aromatic nitrogens is 2. The first kappa shape index (κ1) is 21.5. The summed E-state index contributed by atoms with van der Waals surface area (Å²) in [5.74, 6) is -1.74. The first-order valence-electron chi connectivity index (χ1n) is 9.07. The Bertz CT molecular complexity index is 1160. The Labute approximate surface area is 177 Å². The van der Waals surface area contributed by atoms with E-state index in [1.54, 1.807) is 6.92 Å². The number of hydrogen-bond donors (Lipinski definition) is 0. The fraction of sp³-hybridized carbons (Fsp3) is 0.250. The van der Waals surface area contributed by atoms with Crippen LogP contribution in [0.3, 0.4) is 0 Å². The van der Waals surface area contributed by atoms with Gasteiger partial charge in [0.1, 0.15) is 11.5 Å². The van der Waals surface area contributed by atoms with E-state index in [1.807, 2.05) is 0 Å². The second-order valence-corrected chi connectivity index (χ2v) is 6.98.